The first kappa shape index (κ1) is 19.2. The number of aromatic nitrogens is 5. The predicted molar refractivity (Wildman–Crippen MR) is 113 cm³/mol. The molecule has 2 N–H and O–H groups in total. The fourth-order valence-corrected chi connectivity index (χ4v) is 3.64. The smallest absolute Gasteiger partial charge is 0.338 e. The second-order valence-electron chi connectivity index (χ2n) is 6.69. The van der Waals surface area contributed by atoms with Gasteiger partial charge in [-0.2, -0.15) is 13.2 Å². The first-order valence-electron chi connectivity index (χ1n) is 9.11. The minimum absolute atomic E-state index is 0.323. The van der Waals surface area contributed by atoms with Gasteiger partial charge in [0.05, 0.1) is 27.8 Å². The van der Waals surface area contributed by atoms with Crippen molar-refractivity contribution >= 4 is 34.0 Å². The van der Waals surface area contributed by atoms with E-state index in [4.69, 9.17) is 0 Å². The van der Waals surface area contributed by atoms with Gasteiger partial charge in [-0.3, -0.25) is 0 Å². The fraction of sp³-hybridized carbons (Fsp3) is 0.0476. The Kier molecular flexibility index (Phi) is 4.63. The average Bonchev–Trinajstić information content (AvgIpc) is 3.43. The van der Waals surface area contributed by atoms with Crippen LogP contribution in [-0.2, 0) is 6.18 Å². The van der Waals surface area contributed by atoms with E-state index >= 15 is 0 Å². The van der Waals surface area contributed by atoms with Crippen LogP contribution in [0.25, 0.3) is 33.7 Å². The molecule has 0 aliphatic carbocycles. The second-order valence-corrected chi connectivity index (χ2v) is 7.41. The quantitative estimate of drug-likeness (QED) is 0.365. The van der Waals surface area contributed by atoms with Gasteiger partial charge in [0.25, 0.3) is 0 Å². The first-order chi connectivity index (χ1) is 15.0. The molecular formula is C21H13F3N6S. The number of nitrogens with zero attached hydrogens (tertiary/aromatic N) is 4. The zero-order valence-corrected chi connectivity index (χ0v) is 16.5. The zero-order chi connectivity index (χ0) is 21.4. The molecule has 0 unspecified atom stereocenters. The number of halogens is 3. The minimum atomic E-state index is -4.40. The number of alkyl halides is 3. The van der Waals surface area contributed by atoms with Gasteiger partial charge in [-0.15, -0.1) is 11.3 Å². The number of rotatable bonds is 4. The molecule has 10 heteroatoms. The maximum Gasteiger partial charge on any atom is 0.416 e. The lowest BCUT2D eigenvalue weighted by atomic mass is 10.2. The summed E-state index contributed by atoms with van der Waals surface area (Å²) >= 11 is 1.50. The minimum Gasteiger partial charge on any atom is -0.338 e. The zero-order valence-electron chi connectivity index (χ0n) is 15.7. The van der Waals surface area contributed by atoms with Crippen LogP contribution in [0.4, 0.5) is 24.8 Å². The third kappa shape index (κ3) is 3.97. The van der Waals surface area contributed by atoms with Crippen LogP contribution in [0.5, 0.6) is 0 Å². The number of nitrogens with one attached hydrogen (secondary N) is 2. The highest BCUT2D eigenvalue weighted by Crippen LogP contribution is 2.32. The molecule has 0 fully saturated rings. The van der Waals surface area contributed by atoms with E-state index in [1.54, 1.807) is 17.9 Å². The van der Waals surface area contributed by atoms with Crippen molar-refractivity contribution in [3.63, 3.8) is 0 Å². The number of fused-ring (bicyclic) bond motifs is 1. The Morgan fingerprint density at radius 2 is 1.77 bits per heavy atom. The Labute approximate surface area is 177 Å². The summed E-state index contributed by atoms with van der Waals surface area (Å²) in [6, 6.07) is 10.7. The Balaban J connectivity index is 1.40. The molecule has 31 heavy (non-hydrogen) atoms. The van der Waals surface area contributed by atoms with Crippen LogP contribution in [0.2, 0.25) is 0 Å². The van der Waals surface area contributed by atoms with Crippen LogP contribution in [0.1, 0.15) is 5.56 Å². The van der Waals surface area contributed by atoms with Crippen molar-refractivity contribution < 1.29 is 13.2 Å². The lowest BCUT2D eigenvalue weighted by Crippen LogP contribution is -2.04. The van der Waals surface area contributed by atoms with Crippen molar-refractivity contribution in [2.45, 2.75) is 6.18 Å². The van der Waals surface area contributed by atoms with E-state index in [1.807, 2.05) is 29.6 Å². The molecule has 3 heterocycles. The van der Waals surface area contributed by atoms with Crippen LogP contribution in [0.15, 0.2) is 65.7 Å². The van der Waals surface area contributed by atoms with Gasteiger partial charge in [0.1, 0.15) is 5.82 Å². The van der Waals surface area contributed by atoms with Crippen LogP contribution >= 0.6 is 11.3 Å². The Morgan fingerprint density at radius 3 is 2.52 bits per heavy atom. The third-order valence-electron chi connectivity index (χ3n) is 4.58. The molecule has 2 aromatic carbocycles. The van der Waals surface area contributed by atoms with Crippen LogP contribution in [0.3, 0.4) is 0 Å². The second kappa shape index (κ2) is 7.47. The van der Waals surface area contributed by atoms with E-state index in [0.29, 0.717) is 28.4 Å². The highest BCUT2D eigenvalue weighted by molar-refractivity contribution is 7.07. The molecule has 0 aliphatic rings. The van der Waals surface area contributed by atoms with E-state index in [-0.39, 0.29) is 0 Å². The Bertz CT molecular complexity index is 1340. The van der Waals surface area contributed by atoms with Gasteiger partial charge in [0.15, 0.2) is 0 Å². The first-order valence-corrected chi connectivity index (χ1v) is 10.0. The van der Waals surface area contributed by atoms with Crippen LogP contribution in [-0.4, -0.2) is 24.9 Å². The number of aromatic amines is 1. The average molecular weight is 438 g/mol. The highest BCUT2D eigenvalue weighted by Gasteiger charge is 2.30. The molecule has 0 radical (unpaired) electrons. The summed E-state index contributed by atoms with van der Waals surface area (Å²) in [4.78, 5) is 20.2. The molecule has 5 rings (SSSR count). The van der Waals surface area contributed by atoms with E-state index in [9.17, 15) is 13.2 Å². The molecule has 154 valence electrons. The molecule has 0 aliphatic heterocycles. The summed E-state index contributed by atoms with van der Waals surface area (Å²) in [7, 11) is 0. The molecule has 0 bridgehead atoms. The summed E-state index contributed by atoms with van der Waals surface area (Å²) in [5, 5.41) is 5.04. The Hall–Kier alpha value is -3.79. The number of hydrogen-bond donors (Lipinski definition) is 2. The van der Waals surface area contributed by atoms with Gasteiger partial charge in [0.2, 0.25) is 5.95 Å². The molecule has 0 amide bonds. The van der Waals surface area contributed by atoms with Crippen molar-refractivity contribution in [2.75, 3.05) is 5.32 Å². The predicted octanol–water partition coefficient (Wildman–Crippen LogP) is 5.91. The number of anilines is 2. The van der Waals surface area contributed by atoms with Gasteiger partial charge in [-0.1, -0.05) is 12.1 Å². The van der Waals surface area contributed by atoms with Gasteiger partial charge < -0.3 is 10.3 Å². The number of hydrogen-bond acceptors (Lipinski definition) is 6. The molecule has 0 spiro atoms. The molecule has 0 saturated carbocycles. The van der Waals surface area contributed by atoms with E-state index < -0.39 is 11.7 Å². The largest absolute Gasteiger partial charge is 0.416 e. The van der Waals surface area contributed by atoms with Gasteiger partial charge >= 0.3 is 6.18 Å². The third-order valence-corrected chi connectivity index (χ3v) is 5.17. The maximum atomic E-state index is 13.0. The molecule has 6 nitrogen and oxygen atoms in total. The molecule has 0 saturated heterocycles. The molecule has 0 atom stereocenters. The fourth-order valence-electron chi connectivity index (χ4n) is 3.08. The van der Waals surface area contributed by atoms with Crippen molar-refractivity contribution in [2.24, 2.45) is 0 Å². The van der Waals surface area contributed by atoms with Crippen LogP contribution < -0.4 is 5.32 Å². The summed E-state index contributed by atoms with van der Waals surface area (Å²) in [6.07, 6.45) is -1.03. The molecular weight excluding hydrogens is 425 g/mol. The van der Waals surface area contributed by atoms with Crippen molar-refractivity contribution in [3.8, 4) is 22.6 Å². The Morgan fingerprint density at radius 1 is 0.935 bits per heavy atom. The van der Waals surface area contributed by atoms with Crippen molar-refractivity contribution in [3.05, 3.63) is 71.3 Å². The standard InChI is InChI=1S/C21H13F3N6S/c22-21(23,24)14-4-5-16-17(7-14)30-19(29-16)12-2-1-3-15(6-12)28-20-25-8-13(9-26-20)18-10-31-11-27-18/h1-11H,(H,29,30)(H,25,26,28). The number of benzene rings is 2. The SMILES string of the molecule is FC(F)(F)c1ccc2nc(-c3cccc(Nc4ncc(-c5cscn5)cn4)c3)[nH]c2c1. The van der Waals surface area contributed by atoms with Crippen molar-refractivity contribution in [1.82, 2.24) is 24.9 Å². The van der Waals surface area contributed by atoms with Gasteiger partial charge in [0, 0.05) is 34.6 Å². The van der Waals surface area contributed by atoms with E-state index in [1.165, 1.54) is 17.4 Å². The summed E-state index contributed by atoms with van der Waals surface area (Å²) < 4.78 is 38.9. The summed E-state index contributed by atoms with van der Waals surface area (Å²) in [5.74, 6) is 0.883. The number of H-pyrrole nitrogens is 1. The maximum absolute atomic E-state index is 13.0. The van der Waals surface area contributed by atoms with E-state index in [0.717, 1.165) is 29.1 Å². The summed E-state index contributed by atoms with van der Waals surface area (Å²) in [5.41, 5.74) is 4.88. The lowest BCUT2D eigenvalue weighted by Gasteiger charge is -2.06. The highest BCUT2D eigenvalue weighted by atomic mass is 32.1. The topological polar surface area (TPSA) is 79.4 Å². The van der Waals surface area contributed by atoms with Gasteiger partial charge in [-0.05, 0) is 30.3 Å². The van der Waals surface area contributed by atoms with Gasteiger partial charge in [-0.25, -0.2) is 19.9 Å². The van der Waals surface area contributed by atoms with E-state index in [2.05, 4.69) is 30.2 Å². The monoisotopic (exact) mass is 438 g/mol. The lowest BCUT2D eigenvalue weighted by molar-refractivity contribution is -0.137. The van der Waals surface area contributed by atoms with Crippen LogP contribution in [0, 0.1) is 0 Å². The summed E-state index contributed by atoms with van der Waals surface area (Å²) in [6.45, 7) is 0. The molecule has 5 aromatic rings. The number of imidazole rings is 1. The molecule has 3 aromatic heterocycles. The van der Waals surface area contributed by atoms with Crippen molar-refractivity contribution in [1.29, 1.82) is 0 Å². The number of thiazole rings is 1. The normalized spacial score (nSPS) is 11.7.